The van der Waals surface area contributed by atoms with E-state index < -0.39 is 97.5 Å². The van der Waals surface area contributed by atoms with Gasteiger partial charge in [-0.05, 0) is 180 Å². The highest BCUT2D eigenvalue weighted by Crippen LogP contribution is 2.45. The molecule has 3 N–H and O–H groups in total. The number of unbranched alkanes of at least 4 members (excludes halogenated alkanes) is 21. The van der Waals surface area contributed by atoms with Crippen molar-refractivity contribution in [3.05, 3.63) is 182 Å². The van der Waals surface area contributed by atoms with Gasteiger partial charge in [0.05, 0.1) is 26.4 Å². The summed E-state index contributed by atoms with van der Waals surface area (Å²) in [6, 6.07) is 0. The van der Waals surface area contributed by atoms with Gasteiger partial charge in [-0.1, -0.05) is 287 Å². The van der Waals surface area contributed by atoms with E-state index in [1.165, 1.54) is 19.3 Å². The maximum atomic E-state index is 13.1. The average molecular weight is 1580 g/mol. The SMILES string of the molecule is CC/C=C\C/C=C\C/C=C\C/C=C\C/C=C\CCCCCC(=O)OCC(COP(=O)(O)OCC(O)COP(=O)(O)OCC(COC(=O)CCCCCCCC/C=C\C/C=C\C/C=C\CCCCC)OC(=O)CCCC/C=C\C/C=C\C/C=C\C/C=C\CC)OC(=O)CCCCCCCCC/C=C\C/C=C\C/C=C\CC. The number of carbonyl (C=O) groups is 4. The number of carbonyl (C=O) groups excluding carboxylic acids is 4. The van der Waals surface area contributed by atoms with Crippen molar-refractivity contribution < 1.29 is 80.2 Å². The van der Waals surface area contributed by atoms with Crippen LogP contribution in [0.1, 0.15) is 310 Å². The molecule has 0 amide bonds. The van der Waals surface area contributed by atoms with Crippen LogP contribution in [0.2, 0.25) is 0 Å². The van der Waals surface area contributed by atoms with Crippen LogP contribution < -0.4 is 0 Å². The van der Waals surface area contributed by atoms with E-state index in [9.17, 15) is 43.2 Å². The minimum atomic E-state index is -5.01. The topological polar surface area (TPSA) is 237 Å². The average Bonchev–Trinajstić information content (AvgIpc) is 0.906. The molecule has 5 atom stereocenters. The second kappa shape index (κ2) is 81.2. The molecular formula is C91H148O17P2. The molecule has 624 valence electrons. The first-order chi connectivity index (χ1) is 53.7. The quantitative estimate of drug-likeness (QED) is 0.0169. The molecule has 0 radical (unpaired) electrons. The Morgan fingerprint density at radius 3 is 0.755 bits per heavy atom. The fourth-order valence-corrected chi connectivity index (χ4v) is 12.1. The van der Waals surface area contributed by atoms with Crippen LogP contribution >= 0.6 is 15.6 Å². The van der Waals surface area contributed by atoms with E-state index in [1.807, 2.05) is 0 Å². The molecule has 19 heteroatoms. The van der Waals surface area contributed by atoms with Gasteiger partial charge in [0.2, 0.25) is 0 Å². The van der Waals surface area contributed by atoms with Crippen molar-refractivity contribution in [3.63, 3.8) is 0 Å². The molecule has 0 aromatic rings. The van der Waals surface area contributed by atoms with Crippen molar-refractivity contribution in [2.75, 3.05) is 39.6 Å². The molecule has 0 aliphatic heterocycles. The van der Waals surface area contributed by atoms with E-state index >= 15 is 0 Å². The van der Waals surface area contributed by atoms with Gasteiger partial charge in [-0.15, -0.1) is 0 Å². The van der Waals surface area contributed by atoms with E-state index in [2.05, 4.69) is 210 Å². The number of phosphoric acid groups is 2. The molecule has 0 aromatic carbocycles. The Labute approximate surface area is 666 Å². The van der Waals surface area contributed by atoms with Crippen LogP contribution in [0, 0.1) is 0 Å². The molecule has 110 heavy (non-hydrogen) atoms. The summed E-state index contributed by atoms with van der Waals surface area (Å²) in [7, 11) is -10.0. The van der Waals surface area contributed by atoms with Gasteiger partial charge in [-0.3, -0.25) is 37.3 Å². The third kappa shape index (κ3) is 80.2. The minimum absolute atomic E-state index is 0.0327. The summed E-state index contributed by atoms with van der Waals surface area (Å²) in [4.78, 5) is 73.2. The minimum Gasteiger partial charge on any atom is -0.462 e. The van der Waals surface area contributed by atoms with Crippen molar-refractivity contribution in [3.8, 4) is 0 Å². The molecule has 0 aliphatic rings. The lowest BCUT2D eigenvalue weighted by Crippen LogP contribution is -2.30. The third-order valence-corrected chi connectivity index (χ3v) is 18.7. The van der Waals surface area contributed by atoms with E-state index in [0.29, 0.717) is 32.1 Å². The number of aliphatic hydroxyl groups excluding tert-OH is 1. The van der Waals surface area contributed by atoms with Crippen LogP contribution in [0.3, 0.4) is 0 Å². The number of ether oxygens (including phenoxy) is 4. The number of phosphoric ester groups is 2. The highest BCUT2D eigenvalue weighted by atomic mass is 31.2. The molecule has 0 aliphatic carbocycles. The molecular weight excluding hydrogens is 1430 g/mol. The largest absolute Gasteiger partial charge is 0.472 e. The molecule has 0 spiro atoms. The first-order valence-corrected chi connectivity index (χ1v) is 45.0. The molecule has 0 saturated heterocycles. The van der Waals surface area contributed by atoms with E-state index in [-0.39, 0.29) is 25.7 Å². The molecule has 5 unspecified atom stereocenters. The monoisotopic (exact) mass is 1580 g/mol. The lowest BCUT2D eigenvalue weighted by molar-refractivity contribution is -0.161. The summed E-state index contributed by atoms with van der Waals surface area (Å²) in [5.41, 5.74) is 0. The predicted molar refractivity (Wildman–Crippen MR) is 454 cm³/mol. The van der Waals surface area contributed by atoms with Gasteiger partial charge >= 0.3 is 39.5 Å². The number of hydrogen-bond donors (Lipinski definition) is 3. The standard InChI is InChI=1S/C91H148O17P2/c1-5-9-13-17-21-25-29-33-37-40-42-45-48-51-55-59-63-67-71-75-88(93)101-81-86(107-90(95)77-73-69-65-61-57-53-47-36-32-28-24-20-16-12-8-4)83-105-109(97,98)103-79-85(92)80-104-110(99,100)106-84-87(108-91(96)78-74-70-66-62-58-54-50-44-39-35-31-27-23-19-15-11-7-3)82-102-89(94)76-72-68-64-60-56-52-49-46-43-41-38-34-30-26-22-18-14-10-6-2/h10-12,14-16,21-28,33-39,42-43,45-47,52,56-57,61,85-87,92H,5-9,13,17-20,29-32,40-41,44,48-51,53-55,58-60,62-84H2,1-4H3,(H,97,98)(H,99,100)/b14-10-,15-11-,16-12-,25-21-,26-22-,27-23-,28-24-,37-33-,38-34-,39-35-,45-42-,46-43-,47-36-,56-52-,61-57-. The first-order valence-electron chi connectivity index (χ1n) is 42.0. The number of esters is 4. The van der Waals surface area contributed by atoms with Crippen LogP contribution in [0.4, 0.5) is 0 Å². The zero-order valence-electron chi connectivity index (χ0n) is 68.4. The third-order valence-electron chi connectivity index (χ3n) is 16.8. The Hall–Kier alpha value is -5.84. The van der Waals surface area contributed by atoms with Crippen molar-refractivity contribution in [1.29, 1.82) is 0 Å². The van der Waals surface area contributed by atoms with Crippen LogP contribution in [-0.4, -0.2) is 96.7 Å². The highest BCUT2D eigenvalue weighted by molar-refractivity contribution is 7.47. The van der Waals surface area contributed by atoms with Crippen LogP contribution in [0.25, 0.3) is 0 Å². The summed E-state index contributed by atoms with van der Waals surface area (Å²) >= 11 is 0. The lowest BCUT2D eigenvalue weighted by Gasteiger charge is -2.21. The predicted octanol–water partition coefficient (Wildman–Crippen LogP) is 25.1. The van der Waals surface area contributed by atoms with Crippen LogP contribution in [-0.2, 0) is 65.4 Å². The normalized spacial score (nSPS) is 14.7. The van der Waals surface area contributed by atoms with Gasteiger partial charge < -0.3 is 33.8 Å². The number of hydrogen-bond acceptors (Lipinski definition) is 15. The maximum absolute atomic E-state index is 13.1. The molecule has 0 heterocycles. The van der Waals surface area contributed by atoms with Gasteiger partial charge in [-0.2, -0.15) is 0 Å². The molecule has 0 aromatic heterocycles. The van der Waals surface area contributed by atoms with Gasteiger partial charge in [0.1, 0.15) is 19.3 Å². The van der Waals surface area contributed by atoms with Gasteiger partial charge in [-0.25, -0.2) is 9.13 Å². The second-order valence-electron chi connectivity index (χ2n) is 27.3. The van der Waals surface area contributed by atoms with Crippen molar-refractivity contribution in [2.45, 2.75) is 329 Å². The summed E-state index contributed by atoms with van der Waals surface area (Å²) < 4.78 is 68.7. The smallest absolute Gasteiger partial charge is 0.462 e. The molecule has 0 fully saturated rings. The zero-order valence-corrected chi connectivity index (χ0v) is 70.1. The fourth-order valence-electron chi connectivity index (χ4n) is 10.6. The Kier molecular flexibility index (Phi) is 76.9. The fraction of sp³-hybridized carbons (Fsp3) is 0.626. The van der Waals surface area contributed by atoms with Gasteiger partial charge in [0, 0.05) is 25.7 Å². The molecule has 0 rings (SSSR count). The lowest BCUT2D eigenvalue weighted by atomic mass is 10.1. The summed E-state index contributed by atoms with van der Waals surface area (Å²) in [6.07, 6.45) is 98.6. The van der Waals surface area contributed by atoms with E-state index in [4.69, 9.17) is 37.0 Å². The second-order valence-corrected chi connectivity index (χ2v) is 30.2. The Morgan fingerprint density at radius 2 is 0.473 bits per heavy atom. The molecule has 0 saturated carbocycles. The highest BCUT2D eigenvalue weighted by Gasteiger charge is 2.30. The molecule has 0 bridgehead atoms. The van der Waals surface area contributed by atoms with Gasteiger partial charge in [0.25, 0.3) is 0 Å². The Bertz CT molecular complexity index is 2800. The van der Waals surface area contributed by atoms with Crippen LogP contribution in [0.5, 0.6) is 0 Å². The van der Waals surface area contributed by atoms with E-state index in [0.717, 1.165) is 205 Å². The van der Waals surface area contributed by atoms with Crippen LogP contribution in [0.15, 0.2) is 182 Å². The number of allylic oxidation sites excluding steroid dienone is 30. The molecule has 17 nitrogen and oxygen atoms in total. The Morgan fingerprint density at radius 1 is 0.264 bits per heavy atom. The van der Waals surface area contributed by atoms with Crippen molar-refractivity contribution in [2.24, 2.45) is 0 Å². The summed E-state index contributed by atoms with van der Waals surface area (Å²) in [6.45, 7) is 4.40. The van der Waals surface area contributed by atoms with Crippen molar-refractivity contribution >= 4 is 39.5 Å². The van der Waals surface area contributed by atoms with Gasteiger partial charge in [0.15, 0.2) is 12.2 Å². The maximum Gasteiger partial charge on any atom is 0.472 e. The zero-order chi connectivity index (χ0) is 80.3. The van der Waals surface area contributed by atoms with E-state index in [1.54, 1.807) is 0 Å². The number of rotatable bonds is 77. The first kappa shape index (κ1) is 104. The summed E-state index contributed by atoms with van der Waals surface area (Å²) in [5, 5.41) is 10.7. The van der Waals surface area contributed by atoms with Crippen molar-refractivity contribution in [1.82, 2.24) is 0 Å². The summed E-state index contributed by atoms with van der Waals surface area (Å²) in [5.74, 6) is -2.29. The number of aliphatic hydroxyl groups is 1. The Balaban J connectivity index is 5.47.